The molecule has 25 heavy (non-hydrogen) atoms. The van der Waals surface area contributed by atoms with Gasteiger partial charge >= 0.3 is 0 Å². The van der Waals surface area contributed by atoms with Gasteiger partial charge in [-0.2, -0.15) is 10.2 Å². The van der Waals surface area contributed by atoms with E-state index in [2.05, 4.69) is 39.8 Å². The summed E-state index contributed by atoms with van der Waals surface area (Å²) in [7, 11) is 0. The molecule has 0 radical (unpaired) electrons. The van der Waals surface area contributed by atoms with Crippen LogP contribution in [0.15, 0.2) is 65.8 Å². The molecule has 0 spiro atoms. The van der Waals surface area contributed by atoms with Crippen LogP contribution in [-0.2, 0) is 6.42 Å². The Morgan fingerprint density at radius 3 is 2.52 bits per heavy atom. The lowest BCUT2D eigenvalue weighted by Crippen LogP contribution is -2.19. The maximum Gasteiger partial charge on any atom is 0.289 e. The minimum atomic E-state index is -0.320. The molecule has 0 saturated heterocycles. The minimum absolute atomic E-state index is 0.320. The van der Waals surface area contributed by atoms with E-state index in [1.807, 2.05) is 49.4 Å². The van der Waals surface area contributed by atoms with Crippen LogP contribution in [0.3, 0.4) is 0 Å². The molecule has 2 aromatic carbocycles. The van der Waals surface area contributed by atoms with Crippen molar-refractivity contribution in [2.75, 3.05) is 0 Å². The molecule has 3 rings (SSSR count). The van der Waals surface area contributed by atoms with Gasteiger partial charge in [-0.25, -0.2) is 5.43 Å². The lowest BCUT2D eigenvalue weighted by molar-refractivity contribution is 0.0950. The van der Waals surface area contributed by atoms with Gasteiger partial charge in [-0.05, 0) is 30.5 Å². The second-order valence-electron chi connectivity index (χ2n) is 5.72. The van der Waals surface area contributed by atoms with Gasteiger partial charge in [0.05, 0.1) is 11.4 Å². The fraction of sp³-hybridized carbons (Fsp3) is 0.150. The number of hydrogen-bond acceptors (Lipinski definition) is 3. The van der Waals surface area contributed by atoms with Gasteiger partial charge in [-0.3, -0.25) is 9.89 Å². The third-order valence-electron chi connectivity index (χ3n) is 4.00. The Morgan fingerprint density at radius 1 is 1.12 bits per heavy atom. The van der Waals surface area contributed by atoms with E-state index in [1.54, 1.807) is 6.07 Å². The molecule has 0 fully saturated rings. The van der Waals surface area contributed by atoms with Crippen molar-refractivity contribution in [3.8, 4) is 11.3 Å². The van der Waals surface area contributed by atoms with Gasteiger partial charge in [0.25, 0.3) is 5.91 Å². The minimum Gasteiger partial charge on any atom is -0.272 e. The second kappa shape index (κ2) is 7.57. The first-order chi connectivity index (χ1) is 12.2. The molecule has 0 aliphatic rings. The Hall–Kier alpha value is -3.21. The van der Waals surface area contributed by atoms with Crippen molar-refractivity contribution in [1.29, 1.82) is 0 Å². The van der Waals surface area contributed by atoms with Crippen molar-refractivity contribution in [3.63, 3.8) is 0 Å². The van der Waals surface area contributed by atoms with Crippen LogP contribution in [0.5, 0.6) is 0 Å². The Labute approximate surface area is 146 Å². The Balaban J connectivity index is 1.70. The SMILES string of the molecule is CCc1ccc(-c2cc(C(=O)NN=C(C)c3ccccc3)[nH]n2)cc1. The monoisotopic (exact) mass is 332 g/mol. The van der Waals surface area contributed by atoms with Crippen molar-refractivity contribution >= 4 is 11.6 Å². The number of aromatic amines is 1. The lowest BCUT2D eigenvalue weighted by atomic mass is 10.1. The van der Waals surface area contributed by atoms with Gasteiger partial charge in [0.1, 0.15) is 5.69 Å². The van der Waals surface area contributed by atoms with E-state index < -0.39 is 0 Å². The van der Waals surface area contributed by atoms with Crippen LogP contribution in [0.1, 0.15) is 35.5 Å². The first kappa shape index (κ1) is 16.6. The van der Waals surface area contributed by atoms with Crippen LogP contribution < -0.4 is 5.43 Å². The Morgan fingerprint density at radius 2 is 1.84 bits per heavy atom. The molecule has 1 aromatic heterocycles. The highest BCUT2D eigenvalue weighted by Crippen LogP contribution is 2.18. The molecule has 0 aliphatic heterocycles. The fourth-order valence-electron chi connectivity index (χ4n) is 2.44. The molecule has 0 atom stereocenters. The highest BCUT2D eigenvalue weighted by molar-refractivity contribution is 6.00. The van der Waals surface area contributed by atoms with Crippen molar-refractivity contribution in [3.05, 3.63) is 77.5 Å². The first-order valence-electron chi connectivity index (χ1n) is 8.22. The van der Waals surface area contributed by atoms with Crippen LogP contribution in [-0.4, -0.2) is 21.8 Å². The van der Waals surface area contributed by atoms with E-state index in [1.165, 1.54) is 5.56 Å². The van der Waals surface area contributed by atoms with E-state index in [9.17, 15) is 4.79 Å². The number of aromatic nitrogens is 2. The summed E-state index contributed by atoms with van der Waals surface area (Å²) in [5.41, 5.74) is 7.60. The fourth-order valence-corrected chi connectivity index (χ4v) is 2.44. The molecule has 126 valence electrons. The molecule has 1 amide bonds. The van der Waals surface area contributed by atoms with Crippen molar-refractivity contribution in [2.24, 2.45) is 5.10 Å². The summed E-state index contributed by atoms with van der Waals surface area (Å²) in [6.45, 7) is 3.97. The number of benzene rings is 2. The van der Waals surface area contributed by atoms with E-state index in [4.69, 9.17) is 0 Å². The van der Waals surface area contributed by atoms with Crippen LogP contribution >= 0.6 is 0 Å². The number of hydrogen-bond donors (Lipinski definition) is 2. The van der Waals surface area contributed by atoms with Gasteiger partial charge in [-0.15, -0.1) is 0 Å². The number of H-pyrrole nitrogens is 1. The number of nitrogens with one attached hydrogen (secondary N) is 2. The molecule has 0 saturated carbocycles. The van der Waals surface area contributed by atoms with Crippen molar-refractivity contribution < 1.29 is 4.79 Å². The number of rotatable bonds is 5. The number of hydrazone groups is 1. The molecular formula is C20H20N4O. The van der Waals surface area contributed by atoms with Crippen LogP contribution in [0.25, 0.3) is 11.3 Å². The van der Waals surface area contributed by atoms with Gasteiger partial charge < -0.3 is 0 Å². The number of carbonyl (C=O) groups excluding carboxylic acids is 1. The van der Waals surface area contributed by atoms with E-state index in [-0.39, 0.29) is 5.91 Å². The van der Waals surface area contributed by atoms with Crippen molar-refractivity contribution in [2.45, 2.75) is 20.3 Å². The van der Waals surface area contributed by atoms with E-state index >= 15 is 0 Å². The Kier molecular flexibility index (Phi) is 5.04. The number of aryl methyl sites for hydroxylation is 1. The summed E-state index contributed by atoms with van der Waals surface area (Å²) < 4.78 is 0. The summed E-state index contributed by atoms with van der Waals surface area (Å²) >= 11 is 0. The van der Waals surface area contributed by atoms with Crippen LogP contribution in [0.4, 0.5) is 0 Å². The molecule has 2 N–H and O–H groups in total. The van der Waals surface area contributed by atoms with Crippen LogP contribution in [0, 0.1) is 0 Å². The average Bonchev–Trinajstić information content (AvgIpc) is 3.17. The Bertz CT molecular complexity index is 880. The second-order valence-corrected chi connectivity index (χ2v) is 5.72. The first-order valence-corrected chi connectivity index (χ1v) is 8.22. The normalized spacial score (nSPS) is 11.4. The smallest absolute Gasteiger partial charge is 0.272 e. The van der Waals surface area contributed by atoms with E-state index in [0.29, 0.717) is 5.69 Å². The largest absolute Gasteiger partial charge is 0.289 e. The average molecular weight is 332 g/mol. The quantitative estimate of drug-likeness (QED) is 0.551. The van der Waals surface area contributed by atoms with Gasteiger partial charge in [-0.1, -0.05) is 61.5 Å². The maximum absolute atomic E-state index is 12.2. The lowest BCUT2D eigenvalue weighted by Gasteiger charge is -2.01. The molecule has 0 aliphatic carbocycles. The predicted octanol–water partition coefficient (Wildman–Crippen LogP) is 3.79. The third kappa shape index (κ3) is 4.01. The summed E-state index contributed by atoms with van der Waals surface area (Å²) in [6.07, 6.45) is 0.993. The topological polar surface area (TPSA) is 70.1 Å². The molecular weight excluding hydrogens is 312 g/mol. The molecule has 5 nitrogen and oxygen atoms in total. The number of amides is 1. The number of nitrogens with zero attached hydrogens (tertiary/aromatic N) is 2. The van der Waals surface area contributed by atoms with Gasteiger partial charge in [0, 0.05) is 5.56 Å². The summed E-state index contributed by atoms with van der Waals surface area (Å²) in [6, 6.07) is 19.6. The number of carbonyl (C=O) groups is 1. The summed E-state index contributed by atoms with van der Waals surface area (Å²) in [5.74, 6) is -0.320. The zero-order valence-corrected chi connectivity index (χ0v) is 14.3. The third-order valence-corrected chi connectivity index (χ3v) is 4.00. The zero-order valence-electron chi connectivity index (χ0n) is 14.3. The standard InChI is InChI=1S/C20H20N4O/c1-3-15-9-11-17(12-10-15)18-13-19(23-22-18)20(25)24-21-14(2)16-7-5-4-6-8-16/h4-13H,3H2,1-2H3,(H,22,23)(H,24,25). The zero-order chi connectivity index (χ0) is 17.6. The molecule has 0 bridgehead atoms. The van der Waals surface area contributed by atoms with Gasteiger partial charge in [0.2, 0.25) is 0 Å². The van der Waals surface area contributed by atoms with Gasteiger partial charge in [0.15, 0.2) is 0 Å². The van der Waals surface area contributed by atoms with Crippen molar-refractivity contribution in [1.82, 2.24) is 15.6 Å². The molecule has 3 aromatic rings. The highest BCUT2D eigenvalue weighted by atomic mass is 16.2. The van der Waals surface area contributed by atoms with E-state index in [0.717, 1.165) is 29.0 Å². The predicted molar refractivity (Wildman–Crippen MR) is 99.5 cm³/mol. The molecule has 0 unspecified atom stereocenters. The molecule has 5 heteroatoms. The highest BCUT2D eigenvalue weighted by Gasteiger charge is 2.10. The summed E-state index contributed by atoms with van der Waals surface area (Å²) in [4.78, 5) is 12.2. The maximum atomic E-state index is 12.2. The molecule has 1 heterocycles. The summed E-state index contributed by atoms with van der Waals surface area (Å²) in [5, 5.41) is 11.1. The van der Waals surface area contributed by atoms with Crippen LogP contribution in [0.2, 0.25) is 0 Å².